The average Bonchev–Trinajstić information content (AvgIpc) is 2.52. The van der Waals surface area contributed by atoms with E-state index in [0.717, 1.165) is 24.0 Å². The van der Waals surface area contributed by atoms with Gasteiger partial charge in [0, 0.05) is 5.41 Å². The number of aryl methyl sites for hydroxylation is 1. The van der Waals surface area contributed by atoms with Crippen LogP contribution in [0, 0.1) is 12.7 Å². The van der Waals surface area contributed by atoms with Crippen LogP contribution in [-0.4, -0.2) is 5.11 Å². The van der Waals surface area contributed by atoms with Crippen molar-refractivity contribution in [3.8, 4) is 0 Å². The number of rotatable bonds is 5. The summed E-state index contributed by atoms with van der Waals surface area (Å²) >= 11 is 0. The summed E-state index contributed by atoms with van der Waals surface area (Å²) < 4.78 is 13.5. The quantitative estimate of drug-likeness (QED) is 0.826. The molecule has 0 saturated heterocycles. The van der Waals surface area contributed by atoms with Crippen LogP contribution in [0.3, 0.4) is 0 Å². The lowest BCUT2D eigenvalue weighted by Crippen LogP contribution is -2.32. The van der Waals surface area contributed by atoms with E-state index in [2.05, 4.69) is 26.0 Å². The van der Waals surface area contributed by atoms with Gasteiger partial charge in [-0.3, -0.25) is 0 Å². The first-order valence-corrected chi connectivity index (χ1v) is 7.54. The van der Waals surface area contributed by atoms with Crippen LogP contribution < -0.4 is 0 Å². The van der Waals surface area contributed by atoms with Crippen LogP contribution in [0.15, 0.2) is 48.5 Å². The maximum absolute atomic E-state index is 13.5. The minimum atomic E-state index is -0.644. The van der Waals surface area contributed by atoms with Gasteiger partial charge in [-0.05, 0) is 42.5 Å². The largest absolute Gasteiger partial charge is 0.387 e. The predicted octanol–water partition coefficient (Wildman–Crippen LogP) is 4.93. The standard InChI is InChI=1S/C19H23FO/c1-4-19(5-2,16-9-7-6-8-10-16)18(21)15-11-12-17(20)14(3)13-15/h6-13,18,21H,4-5H2,1-3H3. The summed E-state index contributed by atoms with van der Waals surface area (Å²) in [6, 6.07) is 15.0. The van der Waals surface area contributed by atoms with Crippen LogP contribution in [-0.2, 0) is 5.41 Å². The molecule has 0 aliphatic heterocycles. The van der Waals surface area contributed by atoms with E-state index >= 15 is 0 Å². The maximum atomic E-state index is 13.5. The van der Waals surface area contributed by atoms with Crippen LogP contribution in [0.2, 0.25) is 0 Å². The Morgan fingerprint density at radius 2 is 1.67 bits per heavy atom. The Morgan fingerprint density at radius 3 is 2.19 bits per heavy atom. The first kappa shape index (κ1) is 15.7. The summed E-state index contributed by atoms with van der Waals surface area (Å²) in [6.07, 6.45) is 1.00. The summed E-state index contributed by atoms with van der Waals surface area (Å²) in [4.78, 5) is 0. The zero-order chi connectivity index (χ0) is 15.5. The van der Waals surface area contributed by atoms with Crippen molar-refractivity contribution in [2.24, 2.45) is 0 Å². The van der Waals surface area contributed by atoms with E-state index < -0.39 is 6.10 Å². The number of aliphatic hydroxyl groups excluding tert-OH is 1. The molecule has 21 heavy (non-hydrogen) atoms. The van der Waals surface area contributed by atoms with E-state index in [1.807, 2.05) is 18.2 Å². The molecule has 112 valence electrons. The van der Waals surface area contributed by atoms with Crippen molar-refractivity contribution in [2.75, 3.05) is 0 Å². The number of hydrogen-bond donors (Lipinski definition) is 1. The monoisotopic (exact) mass is 286 g/mol. The Morgan fingerprint density at radius 1 is 1.05 bits per heavy atom. The lowest BCUT2D eigenvalue weighted by Gasteiger charge is -2.37. The Balaban J connectivity index is 2.49. The first-order chi connectivity index (χ1) is 10.0. The molecule has 0 aromatic heterocycles. The van der Waals surface area contributed by atoms with E-state index in [1.54, 1.807) is 19.1 Å². The van der Waals surface area contributed by atoms with Gasteiger partial charge in [0.1, 0.15) is 5.82 Å². The van der Waals surface area contributed by atoms with Gasteiger partial charge in [-0.2, -0.15) is 0 Å². The molecule has 0 bridgehead atoms. The highest BCUT2D eigenvalue weighted by atomic mass is 19.1. The highest BCUT2D eigenvalue weighted by molar-refractivity contribution is 5.34. The highest BCUT2D eigenvalue weighted by Crippen LogP contribution is 2.43. The molecule has 0 amide bonds. The fourth-order valence-electron chi connectivity index (χ4n) is 3.13. The Labute approximate surface area is 126 Å². The Kier molecular flexibility index (Phi) is 4.79. The summed E-state index contributed by atoms with van der Waals surface area (Å²) in [5.74, 6) is -0.232. The zero-order valence-electron chi connectivity index (χ0n) is 12.9. The maximum Gasteiger partial charge on any atom is 0.126 e. The molecule has 0 spiro atoms. The van der Waals surface area contributed by atoms with E-state index in [0.29, 0.717) is 5.56 Å². The molecule has 0 aliphatic carbocycles. The summed E-state index contributed by atoms with van der Waals surface area (Å²) in [6.45, 7) is 5.92. The predicted molar refractivity (Wildman–Crippen MR) is 84.8 cm³/mol. The van der Waals surface area contributed by atoms with Crippen LogP contribution >= 0.6 is 0 Å². The lowest BCUT2D eigenvalue weighted by molar-refractivity contribution is 0.0726. The summed E-state index contributed by atoms with van der Waals surface area (Å²) in [5, 5.41) is 11.0. The zero-order valence-corrected chi connectivity index (χ0v) is 12.9. The SMILES string of the molecule is CCC(CC)(c1ccccc1)C(O)c1ccc(F)c(C)c1. The number of aliphatic hydroxyl groups is 1. The van der Waals surface area contributed by atoms with Gasteiger partial charge < -0.3 is 5.11 Å². The minimum Gasteiger partial charge on any atom is -0.387 e. The molecule has 1 N–H and O–H groups in total. The molecule has 2 heteroatoms. The highest BCUT2D eigenvalue weighted by Gasteiger charge is 2.37. The van der Waals surface area contributed by atoms with Gasteiger partial charge in [-0.25, -0.2) is 4.39 Å². The molecule has 0 saturated carbocycles. The normalized spacial score (nSPS) is 13.2. The molecule has 1 unspecified atom stereocenters. The van der Waals surface area contributed by atoms with Crippen LogP contribution in [0.5, 0.6) is 0 Å². The third-order valence-electron chi connectivity index (χ3n) is 4.63. The average molecular weight is 286 g/mol. The van der Waals surface area contributed by atoms with Crippen molar-refractivity contribution in [1.82, 2.24) is 0 Å². The molecule has 2 rings (SSSR count). The number of halogens is 1. The molecule has 0 fully saturated rings. The van der Waals surface area contributed by atoms with Gasteiger partial charge in [0.25, 0.3) is 0 Å². The van der Waals surface area contributed by atoms with Crippen LogP contribution in [0.4, 0.5) is 4.39 Å². The van der Waals surface area contributed by atoms with Gasteiger partial charge in [0.15, 0.2) is 0 Å². The van der Waals surface area contributed by atoms with Gasteiger partial charge in [-0.1, -0.05) is 56.3 Å². The van der Waals surface area contributed by atoms with Crippen molar-refractivity contribution in [1.29, 1.82) is 0 Å². The molecule has 0 heterocycles. The second-order valence-corrected chi connectivity index (χ2v) is 5.64. The molecular weight excluding hydrogens is 263 g/mol. The van der Waals surface area contributed by atoms with E-state index in [4.69, 9.17) is 0 Å². The van der Waals surface area contributed by atoms with E-state index in [1.165, 1.54) is 6.07 Å². The molecular formula is C19H23FO. The number of benzene rings is 2. The van der Waals surface area contributed by atoms with Gasteiger partial charge in [0.05, 0.1) is 6.10 Å². The van der Waals surface area contributed by atoms with Gasteiger partial charge >= 0.3 is 0 Å². The molecule has 2 aromatic carbocycles. The third-order valence-corrected chi connectivity index (χ3v) is 4.63. The minimum absolute atomic E-state index is 0.232. The third kappa shape index (κ3) is 2.86. The number of hydrogen-bond acceptors (Lipinski definition) is 1. The van der Waals surface area contributed by atoms with Crippen molar-refractivity contribution in [2.45, 2.75) is 45.1 Å². The van der Waals surface area contributed by atoms with Crippen molar-refractivity contribution >= 4 is 0 Å². The van der Waals surface area contributed by atoms with Crippen molar-refractivity contribution in [3.05, 3.63) is 71.0 Å². The second kappa shape index (κ2) is 6.40. The molecule has 1 atom stereocenters. The van der Waals surface area contributed by atoms with Gasteiger partial charge in [-0.15, -0.1) is 0 Å². The Bertz CT molecular complexity index is 588. The first-order valence-electron chi connectivity index (χ1n) is 7.54. The van der Waals surface area contributed by atoms with Crippen LogP contribution in [0.25, 0.3) is 0 Å². The summed E-state index contributed by atoms with van der Waals surface area (Å²) in [5.41, 5.74) is 2.14. The summed E-state index contributed by atoms with van der Waals surface area (Å²) in [7, 11) is 0. The fourth-order valence-corrected chi connectivity index (χ4v) is 3.13. The molecule has 1 nitrogen and oxygen atoms in total. The molecule has 2 aromatic rings. The van der Waals surface area contributed by atoms with Gasteiger partial charge in [0.2, 0.25) is 0 Å². The second-order valence-electron chi connectivity index (χ2n) is 5.64. The topological polar surface area (TPSA) is 20.2 Å². The smallest absolute Gasteiger partial charge is 0.126 e. The Hall–Kier alpha value is -1.67. The van der Waals surface area contributed by atoms with E-state index in [-0.39, 0.29) is 11.2 Å². The lowest BCUT2D eigenvalue weighted by atomic mass is 9.69. The molecule has 0 radical (unpaired) electrons. The molecule has 0 aliphatic rings. The van der Waals surface area contributed by atoms with Crippen LogP contribution in [0.1, 0.15) is 49.5 Å². The van der Waals surface area contributed by atoms with Crippen molar-refractivity contribution < 1.29 is 9.50 Å². The van der Waals surface area contributed by atoms with Crippen molar-refractivity contribution in [3.63, 3.8) is 0 Å². The fraction of sp³-hybridized carbons (Fsp3) is 0.368. The van der Waals surface area contributed by atoms with E-state index in [9.17, 15) is 9.50 Å².